The van der Waals surface area contributed by atoms with Gasteiger partial charge in [0, 0.05) is 11.6 Å². The minimum atomic E-state index is -0.540. The maximum Gasteiger partial charge on any atom is 0.167 e. The second-order valence-corrected chi connectivity index (χ2v) is 3.49. The lowest BCUT2D eigenvalue weighted by Crippen LogP contribution is -1.89. The Morgan fingerprint density at radius 3 is 2.87 bits per heavy atom. The van der Waals surface area contributed by atoms with Crippen molar-refractivity contribution < 1.29 is 9.63 Å². The Balaban J connectivity index is 2.17. The minimum absolute atomic E-state index is 0.540. The van der Waals surface area contributed by atoms with Gasteiger partial charge in [0.15, 0.2) is 5.76 Å². The molecule has 74 valence electrons. The normalized spacial score (nSPS) is 18.7. The first kappa shape index (κ1) is 8.44. The van der Waals surface area contributed by atoms with Gasteiger partial charge in [-0.1, -0.05) is 29.4 Å². The van der Waals surface area contributed by atoms with Crippen LogP contribution in [0, 0.1) is 0 Å². The Morgan fingerprint density at radius 1 is 1.20 bits per heavy atom. The van der Waals surface area contributed by atoms with E-state index in [1.54, 1.807) is 18.3 Å². The zero-order chi connectivity index (χ0) is 10.3. The van der Waals surface area contributed by atoms with E-state index < -0.39 is 6.10 Å². The third-order valence-corrected chi connectivity index (χ3v) is 2.60. The molecule has 1 unspecified atom stereocenters. The molecule has 0 radical (unpaired) electrons. The number of benzene rings is 1. The summed E-state index contributed by atoms with van der Waals surface area (Å²) in [5.41, 5.74) is 2.85. The van der Waals surface area contributed by atoms with Gasteiger partial charge in [-0.25, -0.2) is 0 Å². The fraction of sp³-hybridized carbons (Fsp3) is 0.0833. The van der Waals surface area contributed by atoms with E-state index in [4.69, 9.17) is 4.52 Å². The summed E-state index contributed by atoms with van der Waals surface area (Å²) < 4.78 is 5.09. The molecule has 3 heteroatoms. The Hall–Kier alpha value is -1.87. The van der Waals surface area contributed by atoms with E-state index in [-0.39, 0.29) is 0 Å². The summed E-state index contributed by atoms with van der Waals surface area (Å²) in [6, 6.07) is 9.54. The van der Waals surface area contributed by atoms with Crippen molar-refractivity contribution >= 4 is 5.57 Å². The number of nitrogens with zero attached hydrogens (tertiary/aromatic N) is 1. The summed E-state index contributed by atoms with van der Waals surface area (Å²) in [6.45, 7) is 0. The lowest BCUT2D eigenvalue weighted by atomic mass is 10.0. The summed E-state index contributed by atoms with van der Waals surface area (Å²) in [4.78, 5) is 0. The standard InChI is InChI=1S/C12H9NO2/c14-11-7-10(12-5-6-13-15-12)8-3-1-2-4-9(8)11/h1-7,11,14H. The average Bonchev–Trinajstić information content (AvgIpc) is 2.87. The minimum Gasteiger partial charge on any atom is -0.384 e. The molecule has 0 aliphatic heterocycles. The molecule has 1 atom stereocenters. The molecule has 0 amide bonds. The van der Waals surface area contributed by atoms with E-state index in [0.29, 0.717) is 5.76 Å². The van der Waals surface area contributed by atoms with Crippen molar-refractivity contribution in [3.63, 3.8) is 0 Å². The molecule has 3 nitrogen and oxygen atoms in total. The second kappa shape index (κ2) is 3.07. The molecule has 2 aromatic rings. The van der Waals surface area contributed by atoms with Crippen LogP contribution in [-0.2, 0) is 0 Å². The topological polar surface area (TPSA) is 46.3 Å². The fourth-order valence-corrected chi connectivity index (χ4v) is 1.91. The first-order valence-electron chi connectivity index (χ1n) is 4.76. The molecule has 0 spiro atoms. The number of hydrogen-bond donors (Lipinski definition) is 1. The lowest BCUT2D eigenvalue weighted by molar-refractivity contribution is 0.232. The molecule has 0 saturated carbocycles. The van der Waals surface area contributed by atoms with Crippen LogP contribution in [0.5, 0.6) is 0 Å². The summed E-state index contributed by atoms with van der Waals surface area (Å²) >= 11 is 0. The van der Waals surface area contributed by atoms with Gasteiger partial charge in [-0.3, -0.25) is 0 Å². The van der Waals surface area contributed by atoms with Gasteiger partial charge in [0.05, 0.1) is 12.3 Å². The first-order chi connectivity index (χ1) is 7.36. The Bertz CT molecular complexity index is 514. The Morgan fingerprint density at radius 2 is 2.07 bits per heavy atom. The number of aliphatic hydroxyl groups is 1. The third kappa shape index (κ3) is 1.21. The molecule has 0 bridgehead atoms. The van der Waals surface area contributed by atoms with Crippen LogP contribution in [0.2, 0.25) is 0 Å². The van der Waals surface area contributed by atoms with Crippen LogP contribution in [0.15, 0.2) is 47.1 Å². The number of hydrogen-bond acceptors (Lipinski definition) is 3. The SMILES string of the molecule is OC1C=C(c2ccno2)c2ccccc21. The molecule has 0 saturated heterocycles. The highest BCUT2D eigenvalue weighted by Crippen LogP contribution is 2.37. The summed E-state index contributed by atoms with van der Waals surface area (Å²) in [5.74, 6) is 0.694. The van der Waals surface area contributed by atoms with Crippen LogP contribution >= 0.6 is 0 Å². The van der Waals surface area contributed by atoms with Crippen molar-refractivity contribution in [1.82, 2.24) is 5.16 Å². The molecule has 0 fully saturated rings. The largest absolute Gasteiger partial charge is 0.384 e. The van der Waals surface area contributed by atoms with Crippen LogP contribution in [0.3, 0.4) is 0 Å². The quantitative estimate of drug-likeness (QED) is 0.765. The molecule has 1 aliphatic rings. The van der Waals surface area contributed by atoms with Gasteiger partial charge in [0.25, 0.3) is 0 Å². The van der Waals surface area contributed by atoms with E-state index in [9.17, 15) is 5.11 Å². The van der Waals surface area contributed by atoms with E-state index in [1.807, 2.05) is 24.3 Å². The smallest absolute Gasteiger partial charge is 0.167 e. The van der Waals surface area contributed by atoms with Crippen LogP contribution < -0.4 is 0 Å². The van der Waals surface area contributed by atoms with Gasteiger partial charge in [0.2, 0.25) is 0 Å². The highest BCUT2D eigenvalue weighted by molar-refractivity contribution is 5.83. The summed E-state index contributed by atoms with van der Waals surface area (Å²) in [7, 11) is 0. The molecule has 15 heavy (non-hydrogen) atoms. The maximum absolute atomic E-state index is 9.81. The molecular weight excluding hydrogens is 190 g/mol. The Labute approximate surface area is 86.6 Å². The lowest BCUT2D eigenvalue weighted by Gasteiger charge is -2.02. The molecular formula is C12H9NO2. The first-order valence-corrected chi connectivity index (χ1v) is 4.76. The Kier molecular flexibility index (Phi) is 1.73. The monoisotopic (exact) mass is 199 g/mol. The van der Waals surface area contributed by atoms with Gasteiger partial charge in [-0.15, -0.1) is 0 Å². The number of aromatic nitrogens is 1. The van der Waals surface area contributed by atoms with E-state index in [1.165, 1.54) is 0 Å². The predicted molar refractivity (Wildman–Crippen MR) is 55.0 cm³/mol. The molecule has 1 aromatic carbocycles. The van der Waals surface area contributed by atoms with Crippen molar-refractivity contribution in [2.45, 2.75) is 6.10 Å². The van der Waals surface area contributed by atoms with Crippen molar-refractivity contribution in [3.05, 3.63) is 59.5 Å². The van der Waals surface area contributed by atoms with Crippen LogP contribution in [0.4, 0.5) is 0 Å². The second-order valence-electron chi connectivity index (χ2n) is 3.49. The molecule has 3 rings (SSSR count). The van der Waals surface area contributed by atoms with Gasteiger partial charge < -0.3 is 9.63 Å². The molecule has 1 heterocycles. The highest BCUT2D eigenvalue weighted by Gasteiger charge is 2.23. The van der Waals surface area contributed by atoms with Crippen molar-refractivity contribution in [3.8, 4) is 0 Å². The maximum atomic E-state index is 9.81. The molecule has 1 aliphatic carbocycles. The van der Waals surface area contributed by atoms with E-state index in [2.05, 4.69) is 5.16 Å². The van der Waals surface area contributed by atoms with E-state index >= 15 is 0 Å². The van der Waals surface area contributed by atoms with Gasteiger partial charge in [0.1, 0.15) is 0 Å². The predicted octanol–water partition coefficient (Wildman–Crippen LogP) is 2.15. The van der Waals surface area contributed by atoms with Crippen LogP contribution in [0.25, 0.3) is 5.57 Å². The van der Waals surface area contributed by atoms with Gasteiger partial charge in [-0.2, -0.15) is 0 Å². The molecule has 1 N–H and O–H groups in total. The van der Waals surface area contributed by atoms with Crippen molar-refractivity contribution in [1.29, 1.82) is 0 Å². The van der Waals surface area contributed by atoms with Crippen LogP contribution in [0.1, 0.15) is 23.0 Å². The van der Waals surface area contributed by atoms with Gasteiger partial charge in [-0.05, 0) is 17.2 Å². The van der Waals surface area contributed by atoms with Crippen molar-refractivity contribution in [2.24, 2.45) is 0 Å². The number of rotatable bonds is 1. The zero-order valence-electron chi connectivity index (χ0n) is 7.92. The number of fused-ring (bicyclic) bond motifs is 1. The van der Waals surface area contributed by atoms with E-state index in [0.717, 1.165) is 16.7 Å². The average molecular weight is 199 g/mol. The summed E-state index contributed by atoms with van der Waals surface area (Å²) in [5, 5.41) is 13.5. The van der Waals surface area contributed by atoms with Gasteiger partial charge >= 0.3 is 0 Å². The zero-order valence-corrected chi connectivity index (χ0v) is 7.92. The van der Waals surface area contributed by atoms with Crippen LogP contribution in [-0.4, -0.2) is 10.3 Å². The highest BCUT2D eigenvalue weighted by atomic mass is 16.5. The van der Waals surface area contributed by atoms with Crippen molar-refractivity contribution in [2.75, 3.05) is 0 Å². The summed E-state index contributed by atoms with van der Waals surface area (Å²) in [6.07, 6.45) is 2.84. The number of aliphatic hydroxyl groups excluding tert-OH is 1. The third-order valence-electron chi connectivity index (χ3n) is 2.60. The fourth-order valence-electron chi connectivity index (χ4n) is 1.91. The molecule has 1 aromatic heterocycles.